The van der Waals surface area contributed by atoms with E-state index in [-0.39, 0.29) is 35.4 Å². The van der Waals surface area contributed by atoms with Crippen LogP contribution in [0, 0.1) is 0 Å². The van der Waals surface area contributed by atoms with E-state index in [1.807, 2.05) is 6.92 Å². The smallest absolute Gasteiger partial charge is 0.330 e. The van der Waals surface area contributed by atoms with Crippen LogP contribution >= 0.6 is 11.6 Å². The van der Waals surface area contributed by atoms with E-state index in [4.69, 9.17) is 16.3 Å². The Morgan fingerprint density at radius 1 is 1.26 bits per heavy atom. The second-order valence-electron chi connectivity index (χ2n) is 5.03. The van der Waals surface area contributed by atoms with Gasteiger partial charge in [-0.25, -0.2) is 4.79 Å². The Kier molecular flexibility index (Phi) is 5.59. The molecule has 1 N–H and O–H groups in total. The summed E-state index contributed by atoms with van der Waals surface area (Å²) in [5.74, 6) is -0.350. The third-order valence-corrected chi connectivity index (χ3v) is 3.64. The number of fused-ring (bicyclic) bond motifs is 1. The summed E-state index contributed by atoms with van der Waals surface area (Å²) >= 11 is 6.02. The maximum atomic E-state index is 12.6. The highest BCUT2D eigenvalue weighted by molar-refractivity contribution is 6.29. The monoisotopic (exact) mass is 342 g/mol. The van der Waals surface area contributed by atoms with E-state index in [9.17, 15) is 14.4 Å². The van der Waals surface area contributed by atoms with Crippen LogP contribution in [0.15, 0.2) is 9.59 Å². The molecule has 0 amide bonds. The van der Waals surface area contributed by atoms with E-state index in [0.29, 0.717) is 19.6 Å². The highest BCUT2D eigenvalue weighted by atomic mass is 35.5. The maximum absolute atomic E-state index is 12.6. The van der Waals surface area contributed by atoms with Gasteiger partial charge in [-0.15, -0.1) is 0 Å². The van der Waals surface area contributed by atoms with Crippen LogP contribution in [0.3, 0.4) is 0 Å². The summed E-state index contributed by atoms with van der Waals surface area (Å²) in [6.07, 6.45) is 1.25. The van der Waals surface area contributed by atoms with Crippen molar-refractivity contribution < 1.29 is 9.53 Å². The minimum atomic E-state index is -0.566. The molecular weight excluding hydrogens is 324 g/mol. The van der Waals surface area contributed by atoms with Crippen LogP contribution in [0.2, 0.25) is 5.28 Å². The predicted octanol–water partition coefficient (Wildman–Crippen LogP) is 1.29. The zero-order valence-corrected chi connectivity index (χ0v) is 13.9. The lowest BCUT2D eigenvalue weighted by Gasteiger charge is -2.06. The third kappa shape index (κ3) is 3.64. The lowest BCUT2D eigenvalue weighted by Crippen LogP contribution is -2.36. The molecule has 2 aromatic heterocycles. The van der Waals surface area contributed by atoms with E-state index < -0.39 is 11.2 Å². The van der Waals surface area contributed by atoms with Gasteiger partial charge in [0.05, 0.1) is 6.61 Å². The van der Waals surface area contributed by atoms with Crippen molar-refractivity contribution in [3.05, 3.63) is 26.1 Å². The minimum Gasteiger partial charge on any atom is -0.466 e. The molecular formula is C14H19ClN4O4. The largest absolute Gasteiger partial charge is 0.466 e. The molecule has 0 unspecified atom stereocenters. The van der Waals surface area contributed by atoms with Crippen molar-refractivity contribution in [1.82, 2.24) is 19.1 Å². The van der Waals surface area contributed by atoms with Crippen LogP contribution in [0.4, 0.5) is 0 Å². The summed E-state index contributed by atoms with van der Waals surface area (Å²) in [6, 6.07) is 0. The zero-order chi connectivity index (χ0) is 17.0. The summed E-state index contributed by atoms with van der Waals surface area (Å²) in [4.78, 5) is 42.5. The average Bonchev–Trinajstić information content (AvgIpc) is 2.79. The number of aryl methyl sites for hydroxylation is 1. The Hall–Kier alpha value is -2.09. The molecule has 0 aliphatic rings. The van der Waals surface area contributed by atoms with E-state index >= 15 is 0 Å². The molecule has 9 heteroatoms. The number of aromatic nitrogens is 4. The molecule has 0 fully saturated rings. The molecule has 0 saturated heterocycles. The lowest BCUT2D eigenvalue weighted by molar-refractivity contribution is -0.143. The van der Waals surface area contributed by atoms with Crippen molar-refractivity contribution in [1.29, 1.82) is 0 Å². The number of halogens is 1. The summed E-state index contributed by atoms with van der Waals surface area (Å²) in [5.41, 5.74) is -0.572. The Balaban J connectivity index is 2.33. The van der Waals surface area contributed by atoms with Gasteiger partial charge in [-0.1, -0.05) is 6.92 Å². The molecule has 2 rings (SSSR count). The molecule has 0 saturated carbocycles. The molecule has 0 atom stereocenters. The van der Waals surface area contributed by atoms with Crippen molar-refractivity contribution in [3.8, 4) is 0 Å². The Bertz CT molecular complexity index is 821. The van der Waals surface area contributed by atoms with Gasteiger partial charge in [0.1, 0.15) is 0 Å². The first-order valence-corrected chi connectivity index (χ1v) is 7.91. The summed E-state index contributed by atoms with van der Waals surface area (Å²) < 4.78 is 7.46. The van der Waals surface area contributed by atoms with Gasteiger partial charge in [-0.2, -0.15) is 4.98 Å². The second kappa shape index (κ2) is 7.45. The van der Waals surface area contributed by atoms with Gasteiger partial charge in [0.25, 0.3) is 5.56 Å². The molecule has 0 bridgehead atoms. The lowest BCUT2D eigenvalue weighted by atomic mass is 10.3. The van der Waals surface area contributed by atoms with E-state index in [1.54, 1.807) is 11.5 Å². The number of imidazole rings is 1. The fourth-order valence-electron chi connectivity index (χ4n) is 2.36. The highest BCUT2D eigenvalue weighted by Gasteiger charge is 2.16. The number of rotatable bonds is 7. The number of esters is 1. The third-order valence-electron chi connectivity index (χ3n) is 3.35. The highest BCUT2D eigenvalue weighted by Crippen LogP contribution is 2.14. The van der Waals surface area contributed by atoms with Crippen LogP contribution in [-0.4, -0.2) is 31.7 Å². The number of nitrogens with zero attached hydrogens (tertiary/aromatic N) is 3. The van der Waals surface area contributed by atoms with Gasteiger partial charge in [0.2, 0.25) is 5.28 Å². The normalized spacial score (nSPS) is 11.1. The second-order valence-corrected chi connectivity index (χ2v) is 5.36. The van der Waals surface area contributed by atoms with Crippen LogP contribution in [-0.2, 0) is 22.6 Å². The van der Waals surface area contributed by atoms with E-state index in [2.05, 4.69) is 9.97 Å². The number of hydrogen-bond donors (Lipinski definition) is 1. The van der Waals surface area contributed by atoms with Gasteiger partial charge in [-0.05, 0) is 31.4 Å². The Morgan fingerprint density at radius 2 is 2.00 bits per heavy atom. The number of nitrogens with one attached hydrogen (secondary N) is 1. The fraction of sp³-hybridized carbons (Fsp3) is 0.571. The van der Waals surface area contributed by atoms with Gasteiger partial charge < -0.3 is 9.30 Å². The van der Waals surface area contributed by atoms with Crippen LogP contribution < -0.4 is 11.2 Å². The SMILES string of the molecule is CCCn1c(Cl)nc2[nH]c(=O)n(CCCC(=O)OCC)c(=O)c21. The van der Waals surface area contributed by atoms with Gasteiger partial charge >= 0.3 is 11.7 Å². The van der Waals surface area contributed by atoms with E-state index in [0.717, 1.165) is 11.0 Å². The molecule has 0 aromatic carbocycles. The molecule has 0 aliphatic carbocycles. The van der Waals surface area contributed by atoms with Crippen molar-refractivity contribution >= 4 is 28.7 Å². The molecule has 0 aliphatic heterocycles. The topological polar surface area (TPSA) is 99.0 Å². The maximum Gasteiger partial charge on any atom is 0.330 e. The van der Waals surface area contributed by atoms with Crippen molar-refractivity contribution in [2.24, 2.45) is 0 Å². The quantitative estimate of drug-likeness (QED) is 0.604. The Labute approximate surface area is 137 Å². The molecule has 2 heterocycles. The van der Waals surface area contributed by atoms with Crippen LogP contribution in [0.25, 0.3) is 11.2 Å². The van der Waals surface area contributed by atoms with Gasteiger partial charge in [0.15, 0.2) is 11.2 Å². The molecule has 0 radical (unpaired) electrons. The number of carbonyl (C=O) groups excluding carboxylic acids is 1. The van der Waals surface area contributed by atoms with Gasteiger partial charge in [-0.3, -0.25) is 19.1 Å². The summed E-state index contributed by atoms with van der Waals surface area (Å²) in [5, 5.41) is 0.166. The Morgan fingerprint density at radius 3 is 2.65 bits per heavy atom. The van der Waals surface area contributed by atoms with Crippen LogP contribution in [0.5, 0.6) is 0 Å². The van der Waals surface area contributed by atoms with Crippen molar-refractivity contribution in [2.75, 3.05) is 6.61 Å². The molecule has 2 aromatic rings. The minimum absolute atomic E-state index is 0.123. The van der Waals surface area contributed by atoms with Gasteiger partial charge in [0, 0.05) is 19.5 Å². The number of carbonyl (C=O) groups is 1. The number of ether oxygens (including phenoxy) is 1. The fourth-order valence-corrected chi connectivity index (χ4v) is 2.62. The molecule has 126 valence electrons. The molecule has 0 spiro atoms. The predicted molar refractivity (Wildman–Crippen MR) is 85.8 cm³/mol. The number of aromatic amines is 1. The van der Waals surface area contributed by atoms with Crippen molar-refractivity contribution in [3.63, 3.8) is 0 Å². The summed E-state index contributed by atoms with van der Waals surface area (Å²) in [6.45, 7) is 4.63. The number of hydrogen-bond acceptors (Lipinski definition) is 5. The summed E-state index contributed by atoms with van der Waals surface area (Å²) in [7, 11) is 0. The standard InChI is InChI=1S/C14H19ClN4O4/c1-3-7-18-10-11(16-13(18)15)17-14(22)19(12(10)21)8-5-6-9(20)23-4-2/h3-8H2,1-2H3,(H,17,22). The van der Waals surface area contributed by atoms with Crippen LogP contribution in [0.1, 0.15) is 33.1 Å². The molecule has 23 heavy (non-hydrogen) atoms. The number of H-pyrrole nitrogens is 1. The first kappa shape index (κ1) is 17.3. The first-order chi connectivity index (χ1) is 11.0. The zero-order valence-electron chi connectivity index (χ0n) is 13.1. The van der Waals surface area contributed by atoms with E-state index in [1.165, 1.54) is 0 Å². The average molecular weight is 343 g/mol. The van der Waals surface area contributed by atoms with Crippen molar-refractivity contribution in [2.45, 2.75) is 46.2 Å². The molecule has 8 nitrogen and oxygen atoms in total. The first-order valence-electron chi connectivity index (χ1n) is 7.54.